The van der Waals surface area contributed by atoms with Crippen molar-refractivity contribution in [2.45, 2.75) is 65.1 Å². The second-order valence-electron chi connectivity index (χ2n) is 5.59. The average molecular weight is 294 g/mol. The van der Waals surface area contributed by atoms with E-state index >= 15 is 0 Å². The maximum atomic E-state index is 9.55. The number of aryl methyl sites for hydroxylation is 2. The Hall–Kier alpha value is -1.56. The molecule has 0 spiro atoms. The summed E-state index contributed by atoms with van der Waals surface area (Å²) >= 11 is 0. The average Bonchev–Trinajstić information content (AvgIpc) is 2.78. The van der Waals surface area contributed by atoms with Gasteiger partial charge in [0.15, 0.2) is 5.96 Å². The van der Waals surface area contributed by atoms with Crippen LogP contribution in [0.25, 0.3) is 0 Å². The molecule has 1 aromatic rings. The molecule has 1 saturated carbocycles. The van der Waals surface area contributed by atoms with Crippen LogP contribution in [0.1, 0.15) is 50.0 Å². The van der Waals surface area contributed by atoms with Crippen LogP contribution in [0.4, 0.5) is 0 Å². The molecule has 6 nitrogen and oxygen atoms in total. The van der Waals surface area contributed by atoms with Crippen molar-refractivity contribution in [3.05, 3.63) is 17.3 Å². The molecule has 118 valence electrons. The van der Waals surface area contributed by atoms with E-state index in [0.717, 1.165) is 49.6 Å². The zero-order valence-electron chi connectivity index (χ0n) is 13.1. The van der Waals surface area contributed by atoms with Crippen LogP contribution in [-0.2, 0) is 6.54 Å². The van der Waals surface area contributed by atoms with E-state index in [9.17, 15) is 5.11 Å². The van der Waals surface area contributed by atoms with Crippen LogP contribution in [0, 0.1) is 13.8 Å². The van der Waals surface area contributed by atoms with E-state index in [1.54, 1.807) is 0 Å². The lowest BCUT2D eigenvalue weighted by Gasteiger charge is -2.27. The maximum Gasteiger partial charge on any atom is 0.216 e. The molecule has 0 amide bonds. The Morgan fingerprint density at radius 3 is 2.62 bits per heavy atom. The topological polar surface area (TPSA) is 82.7 Å². The quantitative estimate of drug-likeness (QED) is 0.581. The van der Waals surface area contributed by atoms with E-state index in [1.807, 2.05) is 20.8 Å². The van der Waals surface area contributed by atoms with Gasteiger partial charge < -0.3 is 20.2 Å². The van der Waals surface area contributed by atoms with Crippen molar-refractivity contribution in [3.63, 3.8) is 0 Å². The van der Waals surface area contributed by atoms with Gasteiger partial charge in [-0.1, -0.05) is 0 Å². The first kappa shape index (κ1) is 15.8. The van der Waals surface area contributed by atoms with Crippen molar-refractivity contribution >= 4 is 5.96 Å². The number of rotatable bonds is 4. The van der Waals surface area contributed by atoms with Gasteiger partial charge in [-0.3, -0.25) is 0 Å². The number of guanidine groups is 1. The summed E-state index contributed by atoms with van der Waals surface area (Å²) in [4.78, 5) is 8.86. The molecule has 1 aliphatic carbocycles. The number of hydrogen-bond donors (Lipinski definition) is 3. The molecule has 0 bridgehead atoms. The van der Waals surface area contributed by atoms with Gasteiger partial charge in [-0.05, 0) is 46.5 Å². The van der Waals surface area contributed by atoms with Gasteiger partial charge in [-0.25, -0.2) is 9.98 Å². The Labute approximate surface area is 126 Å². The first-order valence-electron chi connectivity index (χ1n) is 7.74. The molecule has 1 aromatic heterocycles. The van der Waals surface area contributed by atoms with Gasteiger partial charge in [0, 0.05) is 12.6 Å². The molecule has 6 heteroatoms. The smallest absolute Gasteiger partial charge is 0.216 e. The molecule has 0 aliphatic heterocycles. The number of aliphatic hydroxyl groups is 1. The van der Waals surface area contributed by atoms with Crippen LogP contribution >= 0.6 is 0 Å². The summed E-state index contributed by atoms with van der Waals surface area (Å²) in [5.41, 5.74) is 0.916. The minimum absolute atomic E-state index is 0.138. The van der Waals surface area contributed by atoms with Crippen molar-refractivity contribution in [3.8, 4) is 0 Å². The molecule has 1 aliphatic rings. The van der Waals surface area contributed by atoms with E-state index in [2.05, 4.69) is 20.6 Å². The van der Waals surface area contributed by atoms with Gasteiger partial charge in [0.2, 0.25) is 5.89 Å². The van der Waals surface area contributed by atoms with Gasteiger partial charge in [-0.15, -0.1) is 0 Å². The van der Waals surface area contributed by atoms with E-state index in [4.69, 9.17) is 4.42 Å². The SMILES string of the molecule is CCNC(=NCc1nc(C)c(C)o1)NC1CCC(O)CC1. The molecule has 1 fully saturated rings. The fourth-order valence-corrected chi connectivity index (χ4v) is 2.49. The highest BCUT2D eigenvalue weighted by molar-refractivity contribution is 5.80. The first-order valence-corrected chi connectivity index (χ1v) is 7.74. The van der Waals surface area contributed by atoms with Crippen molar-refractivity contribution in [1.29, 1.82) is 0 Å². The molecule has 21 heavy (non-hydrogen) atoms. The predicted octanol–water partition coefficient (Wildman–Crippen LogP) is 1.65. The molecule has 3 N–H and O–H groups in total. The minimum atomic E-state index is -0.138. The van der Waals surface area contributed by atoms with Crippen LogP contribution in [0.2, 0.25) is 0 Å². The van der Waals surface area contributed by atoms with Crippen molar-refractivity contribution < 1.29 is 9.52 Å². The molecular weight excluding hydrogens is 268 g/mol. The summed E-state index contributed by atoms with van der Waals surface area (Å²) < 4.78 is 5.54. The highest BCUT2D eigenvalue weighted by Crippen LogP contribution is 2.18. The molecule has 0 atom stereocenters. The normalized spacial score (nSPS) is 23.1. The van der Waals surface area contributed by atoms with Crippen LogP contribution in [-0.4, -0.2) is 34.7 Å². The van der Waals surface area contributed by atoms with Crippen LogP contribution in [0.15, 0.2) is 9.41 Å². The van der Waals surface area contributed by atoms with E-state index < -0.39 is 0 Å². The van der Waals surface area contributed by atoms with E-state index in [1.165, 1.54) is 0 Å². The van der Waals surface area contributed by atoms with E-state index in [-0.39, 0.29) is 6.10 Å². The van der Waals surface area contributed by atoms with Gasteiger partial charge >= 0.3 is 0 Å². The minimum Gasteiger partial charge on any atom is -0.444 e. The van der Waals surface area contributed by atoms with Crippen LogP contribution < -0.4 is 10.6 Å². The maximum absolute atomic E-state index is 9.55. The number of oxazole rings is 1. The Bertz CT molecular complexity index is 457. The lowest BCUT2D eigenvalue weighted by atomic mass is 9.93. The van der Waals surface area contributed by atoms with Gasteiger partial charge in [0.25, 0.3) is 0 Å². The molecule has 2 rings (SSSR count). The Balaban J connectivity index is 1.92. The largest absolute Gasteiger partial charge is 0.444 e. The van der Waals surface area contributed by atoms with Gasteiger partial charge in [-0.2, -0.15) is 0 Å². The van der Waals surface area contributed by atoms with Crippen LogP contribution in [0.5, 0.6) is 0 Å². The molecule has 0 unspecified atom stereocenters. The summed E-state index contributed by atoms with van der Waals surface area (Å²) in [6.07, 6.45) is 3.52. The lowest BCUT2D eigenvalue weighted by Crippen LogP contribution is -2.45. The summed E-state index contributed by atoms with van der Waals surface area (Å²) in [7, 11) is 0. The number of hydrogen-bond acceptors (Lipinski definition) is 4. The highest BCUT2D eigenvalue weighted by Gasteiger charge is 2.20. The number of aliphatic imine (C=N–C) groups is 1. The number of nitrogens with zero attached hydrogens (tertiary/aromatic N) is 2. The standard InChI is InChI=1S/C15H26N4O2/c1-4-16-15(19-12-5-7-13(20)8-6-12)17-9-14-18-10(2)11(3)21-14/h12-13,20H,4-9H2,1-3H3,(H2,16,17,19). The first-order chi connectivity index (χ1) is 10.1. The molecule has 0 aromatic carbocycles. The van der Waals surface area contributed by atoms with Crippen molar-refractivity contribution in [2.24, 2.45) is 4.99 Å². The summed E-state index contributed by atoms with van der Waals surface area (Å²) in [6.45, 7) is 7.13. The predicted molar refractivity (Wildman–Crippen MR) is 82.2 cm³/mol. The molecule has 1 heterocycles. The van der Waals surface area contributed by atoms with Crippen molar-refractivity contribution in [1.82, 2.24) is 15.6 Å². The second kappa shape index (κ2) is 7.45. The van der Waals surface area contributed by atoms with Crippen LogP contribution in [0.3, 0.4) is 0 Å². The summed E-state index contributed by atoms with van der Waals surface area (Å²) in [5, 5.41) is 16.2. The van der Waals surface area contributed by atoms with Gasteiger partial charge in [0.1, 0.15) is 12.3 Å². The van der Waals surface area contributed by atoms with E-state index in [0.29, 0.717) is 18.5 Å². The highest BCUT2D eigenvalue weighted by atomic mass is 16.4. The number of aliphatic hydroxyl groups excluding tert-OH is 1. The third-order valence-electron chi connectivity index (χ3n) is 3.83. The molecule has 0 radical (unpaired) electrons. The fraction of sp³-hybridized carbons (Fsp3) is 0.733. The molecule has 0 saturated heterocycles. The summed E-state index contributed by atoms with van der Waals surface area (Å²) in [5.74, 6) is 2.27. The molecular formula is C15H26N4O2. The number of nitrogens with one attached hydrogen (secondary N) is 2. The monoisotopic (exact) mass is 294 g/mol. The third kappa shape index (κ3) is 4.74. The zero-order chi connectivity index (χ0) is 15.2. The van der Waals surface area contributed by atoms with Crippen molar-refractivity contribution in [2.75, 3.05) is 6.54 Å². The lowest BCUT2D eigenvalue weighted by molar-refractivity contribution is 0.120. The fourth-order valence-electron chi connectivity index (χ4n) is 2.49. The zero-order valence-corrected chi connectivity index (χ0v) is 13.1. The summed E-state index contributed by atoms with van der Waals surface area (Å²) in [6, 6.07) is 0.374. The van der Waals surface area contributed by atoms with Gasteiger partial charge in [0.05, 0.1) is 11.8 Å². The Kier molecular flexibility index (Phi) is 5.61. The Morgan fingerprint density at radius 2 is 2.05 bits per heavy atom. The Morgan fingerprint density at radius 1 is 1.33 bits per heavy atom. The third-order valence-corrected chi connectivity index (χ3v) is 3.83. The second-order valence-corrected chi connectivity index (χ2v) is 5.59. The number of aromatic nitrogens is 1.